The molecular formula is C9H15N3O. The average Bonchev–Trinajstić information content (AvgIpc) is 2.18. The van der Waals surface area contributed by atoms with E-state index in [1.165, 1.54) is 0 Å². The monoisotopic (exact) mass is 181 g/mol. The van der Waals surface area contributed by atoms with Crippen molar-refractivity contribution >= 4 is 0 Å². The first-order valence-electron chi connectivity index (χ1n) is 4.38. The molecule has 0 aliphatic heterocycles. The maximum Gasteiger partial charge on any atom is 0.148 e. The van der Waals surface area contributed by atoms with Crippen molar-refractivity contribution in [2.45, 2.75) is 26.0 Å². The standard InChI is InChI=1S/C9H15N3O/c1-3-4-8-11-6-5-7(12-8)9(10)13-2/h5-6,9H,3-4,10H2,1-2H3. The van der Waals surface area contributed by atoms with Gasteiger partial charge in [-0.2, -0.15) is 0 Å². The first-order chi connectivity index (χ1) is 6.27. The Morgan fingerprint density at radius 1 is 1.62 bits per heavy atom. The van der Waals surface area contributed by atoms with Crippen LogP contribution in [0.25, 0.3) is 0 Å². The summed E-state index contributed by atoms with van der Waals surface area (Å²) in [6.45, 7) is 2.09. The molecule has 0 amide bonds. The molecule has 4 heteroatoms. The van der Waals surface area contributed by atoms with E-state index >= 15 is 0 Å². The van der Waals surface area contributed by atoms with E-state index in [0.717, 1.165) is 24.4 Å². The molecule has 1 heterocycles. The van der Waals surface area contributed by atoms with Crippen LogP contribution in [-0.2, 0) is 11.2 Å². The van der Waals surface area contributed by atoms with Crippen molar-refractivity contribution in [2.24, 2.45) is 5.73 Å². The number of aromatic nitrogens is 2. The van der Waals surface area contributed by atoms with E-state index in [1.807, 2.05) is 0 Å². The van der Waals surface area contributed by atoms with Gasteiger partial charge in [-0.05, 0) is 12.5 Å². The summed E-state index contributed by atoms with van der Waals surface area (Å²) in [5, 5.41) is 0. The smallest absolute Gasteiger partial charge is 0.148 e. The van der Waals surface area contributed by atoms with Crippen LogP contribution in [0.2, 0.25) is 0 Å². The number of hydrogen-bond acceptors (Lipinski definition) is 4. The highest BCUT2D eigenvalue weighted by Crippen LogP contribution is 2.07. The minimum atomic E-state index is -0.446. The molecule has 13 heavy (non-hydrogen) atoms. The van der Waals surface area contributed by atoms with Crippen LogP contribution < -0.4 is 5.73 Å². The first-order valence-corrected chi connectivity index (χ1v) is 4.38. The molecule has 0 spiro atoms. The van der Waals surface area contributed by atoms with Gasteiger partial charge in [-0.15, -0.1) is 0 Å². The average molecular weight is 181 g/mol. The Morgan fingerprint density at radius 2 is 2.38 bits per heavy atom. The fourth-order valence-corrected chi connectivity index (χ4v) is 1.04. The van der Waals surface area contributed by atoms with Gasteiger partial charge in [-0.1, -0.05) is 6.92 Å². The molecule has 0 radical (unpaired) electrons. The largest absolute Gasteiger partial charge is 0.361 e. The molecule has 0 fully saturated rings. The van der Waals surface area contributed by atoms with Gasteiger partial charge in [0.1, 0.15) is 12.1 Å². The maximum atomic E-state index is 5.65. The van der Waals surface area contributed by atoms with E-state index in [4.69, 9.17) is 10.5 Å². The van der Waals surface area contributed by atoms with Crippen molar-refractivity contribution in [3.63, 3.8) is 0 Å². The van der Waals surface area contributed by atoms with Crippen LogP contribution in [0.15, 0.2) is 12.3 Å². The van der Waals surface area contributed by atoms with Crippen molar-refractivity contribution in [2.75, 3.05) is 7.11 Å². The van der Waals surface area contributed by atoms with Gasteiger partial charge < -0.3 is 10.5 Å². The SMILES string of the molecule is CCCc1nccc(C(N)OC)n1. The lowest BCUT2D eigenvalue weighted by Crippen LogP contribution is -2.15. The Bertz CT molecular complexity index is 265. The van der Waals surface area contributed by atoms with E-state index < -0.39 is 6.23 Å². The zero-order valence-electron chi connectivity index (χ0n) is 8.03. The lowest BCUT2D eigenvalue weighted by Gasteiger charge is -2.08. The minimum absolute atomic E-state index is 0.446. The van der Waals surface area contributed by atoms with Crippen LogP contribution in [0.4, 0.5) is 0 Å². The van der Waals surface area contributed by atoms with Crippen molar-refractivity contribution in [1.82, 2.24) is 9.97 Å². The minimum Gasteiger partial charge on any atom is -0.361 e. The fraction of sp³-hybridized carbons (Fsp3) is 0.556. The predicted molar refractivity (Wildman–Crippen MR) is 50.0 cm³/mol. The molecule has 0 saturated carbocycles. The molecule has 4 nitrogen and oxygen atoms in total. The third kappa shape index (κ3) is 2.75. The molecule has 0 saturated heterocycles. The van der Waals surface area contributed by atoms with Gasteiger partial charge in [0.05, 0.1) is 5.69 Å². The van der Waals surface area contributed by atoms with Crippen LogP contribution in [0.1, 0.15) is 31.1 Å². The normalized spacial score (nSPS) is 12.8. The molecule has 1 aromatic rings. The van der Waals surface area contributed by atoms with E-state index in [-0.39, 0.29) is 0 Å². The predicted octanol–water partition coefficient (Wildman–Crippen LogP) is 1.03. The molecule has 1 aromatic heterocycles. The fourth-order valence-electron chi connectivity index (χ4n) is 1.04. The summed E-state index contributed by atoms with van der Waals surface area (Å²) in [5.41, 5.74) is 6.38. The zero-order chi connectivity index (χ0) is 9.68. The summed E-state index contributed by atoms with van der Waals surface area (Å²) in [5.74, 6) is 0.826. The van der Waals surface area contributed by atoms with Gasteiger partial charge in [0.2, 0.25) is 0 Å². The van der Waals surface area contributed by atoms with Crippen LogP contribution in [0, 0.1) is 0 Å². The summed E-state index contributed by atoms with van der Waals surface area (Å²) < 4.78 is 4.96. The quantitative estimate of drug-likeness (QED) is 0.705. The number of ether oxygens (including phenoxy) is 1. The highest BCUT2D eigenvalue weighted by Gasteiger charge is 2.06. The molecule has 0 aromatic carbocycles. The first kappa shape index (κ1) is 10.1. The molecular weight excluding hydrogens is 166 g/mol. The highest BCUT2D eigenvalue weighted by molar-refractivity contribution is 5.04. The van der Waals surface area contributed by atoms with Gasteiger partial charge >= 0.3 is 0 Å². The molecule has 0 aliphatic rings. The second-order valence-electron chi connectivity index (χ2n) is 2.80. The summed E-state index contributed by atoms with van der Waals surface area (Å²) in [7, 11) is 1.56. The maximum absolute atomic E-state index is 5.65. The van der Waals surface area contributed by atoms with Crippen molar-refractivity contribution in [1.29, 1.82) is 0 Å². The van der Waals surface area contributed by atoms with Crippen LogP contribution in [0.3, 0.4) is 0 Å². The molecule has 1 rings (SSSR count). The Labute approximate surface area is 78.1 Å². The molecule has 0 bridgehead atoms. The second-order valence-corrected chi connectivity index (χ2v) is 2.80. The van der Waals surface area contributed by atoms with Crippen molar-refractivity contribution < 1.29 is 4.74 Å². The molecule has 1 atom stereocenters. The van der Waals surface area contributed by atoms with E-state index in [9.17, 15) is 0 Å². The van der Waals surface area contributed by atoms with Gasteiger partial charge in [-0.25, -0.2) is 9.97 Å². The number of aryl methyl sites for hydroxylation is 1. The lowest BCUT2D eigenvalue weighted by atomic mass is 10.3. The molecule has 1 unspecified atom stereocenters. The Morgan fingerprint density at radius 3 is 3.00 bits per heavy atom. The van der Waals surface area contributed by atoms with Crippen molar-refractivity contribution in [3.05, 3.63) is 23.8 Å². The van der Waals surface area contributed by atoms with Gasteiger partial charge in [-0.3, -0.25) is 0 Å². The van der Waals surface area contributed by atoms with Gasteiger partial charge in [0, 0.05) is 19.7 Å². The van der Waals surface area contributed by atoms with Gasteiger partial charge in [0.15, 0.2) is 0 Å². The van der Waals surface area contributed by atoms with Crippen molar-refractivity contribution in [3.8, 4) is 0 Å². The zero-order valence-corrected chi connectivity index (χ0v) is 8.03. The molecule has 0 aliphatic carbocycles. The Hall–Kier alpha value is -1.00. The van der Waals surface area contributed by atoms with E-state index in [0.29, 0.717) is 0 Å². The molecule has 2 N–H and O–H groups in total. The van der Waals surface area contributed by atoms with Crippen LogP contribution >= 0.6 is 0 Å². The van der Waals surface area contributed by atoms with E-state index in [2.05, 4.69) is 16.9 Å². The third-order valence-corrected chi connectivity index (χ3v) is 1.75. The van der Waals surface area contributed by atoms with Gasteiger partial charge in [0.25, 0.3) is 0 Å². The lowest BCUT2D eigenvalue weighted by molar-refractivity contribution is 0.105. The number of nitrogens with zero attached hydrogens (tertiary/aromatic N) is 2. The number of hydrogen-bond donors (Lipinski definition) is 1. The van der Waals surface area contributed by atoms with Crippen LogP contribution in [-0.4, -0.2) is 17.1 Å². The number of rotatable bonds is 4. The van der Waals surface area contributed by atoms with Crippen LogP contribution in [0.5, 0.6) is 0 Å². The number of nitrogens with two attached hydrogens (primary N) is 1. The third-order valence-electron chi connectivity index (χ3n) is 1.75. The highest BCUT2D eigenvalue weighted by atomic mass is 16.5. The molecule has 72 valence electrons. The summed E-state index contributed by atoms with van der Waals surface area (Å²) in [6, 6.07) is 1.77. The second kappa shape index (κ2) is 4.89. The Balaban J connectivity index is 2.78. The summed E-state index contributed by atoms with van der Waals surface area (Å²) >= 11 is 0. The Kier molecular flexibility index (Phi) is 3.79. The summed E-state index contributed by atoms with van der Waals surface area (Å²) in [4.78, 5) is 8.40. The summed E-state index contributed by atoms with van der Waals surface area (Å²) in [6.07, 6.45) is 3.18. The van der Waals surface area contributed by atoms with E-state index in [1.54, 1.807) is 19.4 Å². The topological polar surface area (TPSA) is 61.0 Å². The number of methoxy groups -OCH3 is 1.